The molecule has 0 aliphatic rings. The van der Waals surface area contributed by atoms with E-state index in [9.17, 15) is 13.2 Å². The van der Waals surface area contributed by atoms with Crippen LogP contribution in [0.3, 0.4) is 0 Å². The molecule has 0 spiro atoms. The molecule has 0 saturated heterocycles. The molecule has 92 valence electrons. The minimum Gasteiger partial charge on any atom is -0.301 e. The fourth-order valence-corrected chi connectivity index (χ4v) is 1.93. The van der Waals surface area contributed by atoms with E-state index < -0.39 is 17.1 Å². The number of hydrogen-bond donors (Lipinski definition) is 0. The Morgan fingerprint density at radius 1 is 1.41 bits per heavy atom. The van der Waals surface area contributed by atoms with Crippen LogP contribution in [-0.2, 0) is 6.18 Å². The summed E-state index contributed by atoms with van der Waals surface area (Å²) in [7, 11) is 0. The molecule has 2 heterocycles. The van der Waals surface area contributed by atoms with Gasteiger partial charge >= 0.3 is 6.18 Å². The van der Waals surface area contributed by atoms with Crippen molar-refractivity contribution in [2.75, 3.05) is 0 Å². The molecule has 1 atom stereocenters. The molecule has 2 nitrogen and oxygen atoms in total. The summed E-state index contributed by atoms with van der Waals surface area (Å²) < 4.78 is 39.1. The molecule has 0 saturated carbocycles. The number of alkyl halides is 4. The first-order valence-corrected chi connectivity index (χ1v) is 5.50. The van der Waals surface area contributed by atoms with Gasteiger partial charge in [0.25, 0.3) is 0 Å². The number of aromatic nitrogens is 2. The highest BCUT2D eigenvalue weighted by Crippen LogP contribution is 2.33. The molecule has 0 fully saturated rings. The van der Waals surface area contributed by atoms with E-state index in [0.29, 0.717) is 5.69 Å². The van der Waals surface area contributed by atoms with Crippen LogP contribution in [0, 0.1) is 0 Å². The van der Waals surface area contributed by atoms with Crippen LogP contribution in [0.1, 0.15) is 23.6 Å². The summed E-state index contributed by atoms with van der Waals surface area (Å²) in [5, 5.41) is -0.507. The number of hydrogen-bond acceptors (Lipinski definition) is 1. The van der Waals surface area contributed by atoms with Gasteiger partial charge in [0, 0.05) is 6.20 Å². The number of halogens is 5. The third kappa shape index (κ3) is 2.21. The Labute approximate surface area is 105 Å². The first-order valence-electron chi connectivity index (χ1n) is 4.68. The fraction of sp³-hybridized carbons (Fsp3) is 0.300. The highest BCUT2D eigenvalue weighted by molar-refractivity contribution is 6.33. The van der Waals surface area contributed by atoms with Crippen molar-refractivity contribution in [1.29, 1.82) is 0 Å². The van der Waals surface area contributed by atoms with Gasteiger partial charge in [-0.05, 0) is 13.0 Å². The zero-order chi connectivity index (χ0) is 12.8. The van der Waals surface area contributed by atoms with E-state index in [-0.39, 0.29) is 10.7 Å². The second kappa shape index (κ2) is 4.07. The maximum Gasteiger partial charge on any atom is 0.417 e. The molecule has 1 unspecified atom stereocenters. The van der Waals surface area contributed by atoms with Crippen molar-refractivity contribution in [2.45, 2.75) is 18.5 Å². The summed E-state index contributed by atoms with van der Waals surface area (Å²) in [6.45, 7) is 1.65. The molecule has 0 aliphatic heterocycles. The lowest BCUT2D eigenvalue weighted by atomic mass is 10.2. The molecule has 0 bridgehead atoms. The van der Waals surface area contributed by atoms with Crippen molar-refractivity contribution in [3.05, 3.63) is 34.7 Å². The van der Waals surface area contributed by atoms with Crippen LogP contribution < -0.4 is 0 Å². The van der Waals surface area contributed by atoms with E-state index in [2.05, 4.69) is 4.98 Å². The molecule has 0 aromatic carbocycles. The average Bonchev–Trinajstić information content (AvgIpc) is 2.60. The monoisotopic (exact) mass is 282 g/mol. The summed E-state index contributed by atoms with van der Waals surface area (Å²) in [5.74, 6) is 0. The third-order valence-electron chi connectivity index (χ3n) is 2.32. The largest absolute Gasteiger partial charge is 0.417 e. The lowest BCUT2D eigenvalue weighted by Crippen LogP contribution is -2.07. The Balaban J connectivity index is 2.74. The number of nitrogens with zero attached hydrogens (tertiary/aromatic N) is 2. The molecule has 2 rings (SSSR count). The van der Waals surface area contributed by atoms with E-state index >= 15 is 0 Å². The van der Waals surface area contributed by atoms with Crippen molar-refractivity contribution < 1.29 is 13.2 Å². The zero-order valence-corrected chi connectivity index (χ0v) is 10.1. The average molecular weight is 283 g/mol. The van der Waals surface area contributed by atoms with Crippen LogP contribution in [0.2, 0.25) is 5.02 Å². The van der Waals surface area contributed by atoms with E-state index in [4.69, 9.17) is 23.2 Å². The lowest BCUT2D eigenvalue weighted by Gasteiger charge is -2.10. The van der Waals surface area contributed by atoms with Crippen molar-refractivity contribution >= 4 is 28.8 Å². The summed E-state index contributed by atoms with van der Waals surface area (Å²) in [4.78, 5) is 3.94. The predicted octanol–water partition coefficient (Wildman–Crippen LogP) is 4.31. The maximum atomic E-state index is 12.6. The minimum absolute atomic E-state index is 0.0524. The van der Waals surface area contributed by atoms with Crippen LogP contribution in [0.25, 0.3) is 5.65 Å². The Morgan fingerprint density at radius 3 is 2.59 bits per heavy atom. The van der Waals surface area contributed by atoms with Gasteiger partial charge in [-0.1, -0.05) is 11.6 Å². The topological polar surface area (TPSA) is 17.3 Å². The van der Waals surface area contributed by atoms with Gasteiger partial charge < -0.3 is 4.40 Å². The Morgan fingerprint density at radius 2 is 2.06 bits per heavy atom. The summed E-state index contributed by atoms with van der Waals surface area (Å²) in [6, 6.07) is 0.854. The van der Waals surface area contributed by atoms with Gasteiger partial charge in [-0.25, -0.2) is 4.98 Å². The second-order valence-electron chi connectivity index (χ2n) is 3.57. The van der Waals surface area contributed by atoms with Crippen LogP contribution >= 0.6 is 23.2 Å². The molecule has 0 amide bonds. The van der Waals surface area contributed by atoms with Gasteiger partial charge in [0.15, 0.2) is 5.65 Å². The zero-order valence-electron chi connectivity index (χ0n) is 8.59. The van der Waals surface area contributed by atoms with E-state index in [1.807, 2.05) is 0 Å². The van der Waals surface area contributed by atoms with Crippen LogP contribution in [0.15, 0.2) is 18.5 Å². The highest BCUT2D eigenvalue weighted by Gasteiger charge is 2.32. The highest BCUT2D eigenvalue weighted by atomic mass is 35.5. The van der Waals surface area contributed by atoms with Gasteiger partial charge in [-0.15, -0.1) is 11.6 Å². The predicted molar refractivity (Wildman–Crippen MR) is 59.5 cm³/mol. The van der Waals surface area contributed by atoms with Gasteiger partial charge in [0.2, 0.25) is 0 Å². The SMILES string of the molecule is CC(Cl)c1cnc2c(Cl)cc(C(F)(F)F)cn12. The normalized spacial score (nSPS) is 14.2. The molecular formula is C10H7Cl2F3N2. The molecular weight excluding hydrogens is 276 g/mol. The number of fused-ring (bicyclic) bond motifs is 1. The van der Waals surface area contributed by atoms with Crippen molar-refractivity contribution in [3.8, 4) is 0 Å². The molecule has 17 heavy (non-hydrogen) atoms. The van der Waals surface area contributed by atoms with Crippen molar-refractivity contribution in [2.24, 2.45) is 0 Å². The van der Waals surface area contributed by atoms with Gasteiger partial charge in [0.05, 0.1) is 27.9 Å². The Bertz CT molecular complexity index is 560. The minimum atomic E-state index is -4.45. The summed E-state index contributed by atoms with van der Waals surface area (Å²) in [6.07, 6.45) is -2.09. The standard InChI is InChI=1S/C10H7Cl2F3N2/c1-5(11)8-3-16-9-7(12)2-6(4-17(8)9)10(13,14)15/h2-5H,1H3. The van der Waals surface area contributed by atoms with Gasteiger partial charge in [-0.3, -0.25) is 0 Å². The van der Waals surface area contributed by atoms with Gasteiger partial charge in [-0.2, -0.15) is 13.2 Å². The van der Waals surface area contributed by atoms with Crippen molar-refractivity contribution in [3.63, 3.8) is 0 Å². The Hall–Kier alpha value is -0.940. The third-order valence-corrected chi connectivity index (χ3v) is 2.83. The lowest BCUT2D eigenvalue weighted by molar-refractivity contribution is -0.137. The quantitative estimate of drug-likeness (QED) is 0.713. The molecule has 0 radical (unpaired) electrons. The fourth-order valence-electron chi connectivity index (χ4n) is 1.51. The molecule has 7 heteroatoms. The molecule has 0 aliphatic carbocycles. The summed E-state index contributed by atoms with van der Waals surface area (Å²) >= 11 is 11.6. The van der Waals surface area contributed by atoms with E-state index in [1.54, 1.807) is 6.92 Å². The first kappa shape index (κ1) is 12.5. The molecule has 0 N–H and O–H groups in total. The molecule has 2 aromatic heterocycles. The second-order valence-corrected chi connectivity index (χ2v) is 4.63. The summed E-state index contributed by atoms with van der Waals surface area (Å²) in [5.41, 5.74) is -0.0941. The van der Waals surface area contributed by atoms with Crippen molar-refractivity contribution in [1.82, 2.24) is 9.38 Å². The number of rotatable bonds is 1. The van der Waals surface area contributed by atoms with E-state index in [1.165, 1.54) is 10.6 Å². The number of imidazole rings is 1. The smallest absolute Gasteiger partial charge is 0.301 e. The number of pyridine rings is 1. The van der Waals surface area contributed by atoms with E-state index in [0.717, 1.165) is 12.3 Å². The van der Waals surface area contributed by atoms with Crippen LogP contribution in [0.4, 0.5) is 13.2 Å². The van der Waals surface area contributed by atoms with Crippen LogP contribution in [0.5, 0.6) is 0 Å². The van der Waals surface area contributed by atoms with Gasteiger partial charge in [0.1, 0.15) is 0 Å². The van der Waals surface area contributed by atoms with Crippen LogP contribution in [-0.4, -0.2) is 9.38 Å². The first-order chi connectivity index (χ1) is 7.80. The Kier molecular flexibility index (Phi) is 2.99. The molecule has 2 aromatic rings. The maximum absolute atomic E-state index is 12.6.